The maximum absolute atomic E-state index is 10.6. The van der Waals surface area contributed by atoms with E-state index in [1.165, 1.54) is 0 Å². The van der Waals surface area contributed by atoms with Crippen molar-refractivity contribution in [2.75, 3.05) is 6.61 Å². The first-order chi connectivity index (χ1) is 6.52. The summed E-state index contributed by atoms with van der Waals surface area (Å²) in [7, 11) is 0. The maximum Gasteiger partial charge on any atom is 0.330 e. The van der Waals surface area contributed by atoms with E-state index in [1.54, 1.807) is 0 Å². The smallest absolute Gasteiger partial charge is 0.330 e. The third-order valence-corrected chi connectivity index (χ3v) is 1.78. The molecule has 0 rings (SSSR count). The van der Waals surface area contributed by atoms with E-state index in [2.05, 4.69) is 11.3 Å². The van der Waals surface area contributed by atoms with Crippen molar-refractivity contribution in [2.24, 2.45) is 0 Å². The molecule has 0 spiro atoms. The van der Waals surface area contributed by atoms with E-state index in [0.717, 1.165) is 6.08 Å². The zero-order valence-electron chi connectivity index (χ0n) is 8.53. The van der Waals surface area contributed by atoms with Crippen LogP contribution in [0.3, 0.4) is 0 Å². The first kappa shape index (κ1) is 13.1. The Kier molecular flexibility index (Phi) is 6.16. The predicted molar refractivity (Wildman–Crippen MR) is 52.5 cm³/mol. The van der Waals surface area contributed by atoms with Crippen LogP contribution < -0.4 is 0 Å². The highest BCUT2D eigenvalue weighted by molar-refractivity contribution is 5.81. The molecular formula is C10H18O4. The molecule has 0 saturated heterocycles. The maximum atomic E-state index is 10.6. The van der Waals surface area contributed by atoms with Gasteiger partial charge in [-0.15, -0.1) is 0 Å². The lowest BCUT2D eigenvalue weighted by Crippen LogP contribution is -2.28. The Labute approximate surface area is 84.2 Å². The molecule has 4 heteroatoms. The Bertz CT molecular complexity index is 187. The van der Waals surface area contributed by atoms with Gasteiger partial charge in [0.1, 0.15) is 0 Å². The molecule has 14 heavy (non-hydrogen) atoms. The fraction of sp³-hybridized carbons (Fsp3) is 0.700. The van der Waals surface area contributed by atoms with Crippen molar-refractivity contribution in [1.29, 1.82) is 0 Å². The number of esters is 1. The molecule has 0 aromatic carbocycles. The van der Waals surface area contributed by atoms with E-state index in [4.69, 9.17) is 0 Å². The highest BCUT2D eigenvalue weighted by Crippen LogP contribution is 2.15. The second-order valence-electron chi connectivity index (χ2n) is 3.21. The van der Waals surface area contributed by atoms with Crippen LogP contribution in [0.5, 0.6) is 0 Å². The molecule has 0 aliphatic heterocycles. The normalized spacial score (nSPS) is 11.1. The molecule has 0 radical (unpaired) electrons. The quantitative estimate of drug-likeness (QED) is 0.279. The minimum Gasteiger partial charge on any atom is -0.463 e. The van der Waals surface area contributed by atoms with E-state index in [9.17, 15) is 15.0 Å². The van der Waals surface area contributed by atoms with Gasteiger partial charge in [-0.2, -0.15) is 0 Å². The van der Waals surface area contributed by atoms with Gasteiger partial charge in [0.25, 0.3) is 0 Å². The van der Waals surface area contributed by atoms with Crippen LogP contribution in [0.25, 0.3) is 0 Å². The molecule has 0 fully saturated rings. The molecule has 0 unspecified atom stereocenters. The standard InChI is InChI=1S/C10H18O4/c1-3-6-10(12,13)7-5-8-14-9(11)4-2/h4,12-13H,2-3,5-8H2,1H3. The summed E-state index contributed by atoms with van der Waals surface area (Å²) >= 11 is 0. The average Bonchev–Trinajstić information content (AvgIpc) is 2.12. The number of carbonyl (C=O) groups excluding carboxylic acids is 1. The van der Waals surface area contributed by atoms with Crippen molar-refractivity contribution in [3.63, 3.8) is 0 Å². The summed E-state index contributed by atoms with van der Waals surface area (Å²) in [4.78, 5) is 10.6. The van der Waals surface area contributed by atoms with E-state index in [0.29, 0.717) is 19.3 Å². The molecular weight excluding hydrogens is 184 g/mol. The van der Waals surface area contributed by atoms with Gasteiger partial charge < -0.3 is 14.9 Å². The summed E-state index contributed by atoms with van der Waals surface area (Å²) in [6.45, 7) is 5.31. The van der Waals surface area contributed by atoms with Crippen LogP contribution in [-0.4, -0.2) is 28.6 Å². The highest BCUT2D eigenvalue weighted by Gasteiger charge is 2.20. The van der Waals surface area contributed by atoms with Gasteiger partial charge in [0.2, 0.25) is 0 Å². The van der Waals surface area contributed by atoms with Crippen LogP contribution in [0.1, 0.15) is 32.6 Å². The molecule has 0 aromatic heterocycles. The molecule has 0 heterocycles. The van der Waals surface area contributed by atoms with Crippen LogP contribution >= 0.6 is 0 Å². The summed E-state index contributed by atoms with van der Waals surface area (Å²) in [6.07, 6.45) is 2.77. The van der Waals surface area contributed by atoms with E-state index < -0.39 is 11.8 Å². The second kappa shape index (κ2) is 6.56. The number of carbonyl (C=O) groups is 1. The van der Waals surface area contributed by atoms with Crippen LogP contribution in [0.2, 0.25) is 0 Å². The molecule has 82 valence electrons. The molecule has 2 N–H and O–H groups in total. The van der Waals surface area contributed by atoms with Crippen molar-refractivity contribution >= 4 is 5.97 Å². The lowest BCUT2D eigenvalue weighted by molar-refractivity contribution is -0.173. The summed E-state index contributed by atoms with van der Waals surface area (Å²) < 4.78 is 4.69. The summed E-state index contributed by atoms with van der Waals surface area (Å²) in [5, 5.41) is 18.7. The van der Waals surface area contributed by atoms with E-state index in [1.807, 2.05) is 6.92 Å². The van der Waals surface area contributed by atoms with Gasteiger partial charge in [-0.05, 0) is 6.42 Å². The topological polar surface area (TPSA) is 66.8 Å². The Morgan fingerprint density at radius 2 is 2.14 bits per heavy atom. The number of hydrogen-bond donors (Lipinski definition) is 2. The Morgan fingerprint density at radius 1 is 1.50 bits per heavy atom. The van der Waals surface area contributed by atoms with Crippen molar-refractivity contribution in [3.05, 3.63) is 12.7 Å². The number of aliphatic hydroxyl groups is 2. The first-order valence-corrected chi connectivity index (χ1v) is 4.76. The fourth-order valence-corrected chi connectivity index (χ4v) is 1.11. The Balaban J connectivity index is 3.53. The molecule has 4 nitrogen and oxygen atoms in total. The number of hydrogen-bond acceptors (Lipinski definition) is 4. The number of ether oxygens (including phenoxy) is 1. The average molecular weight is 202 g/mol. The molecule has 0 saturated carbocycles. The summed E-state index contributed by atoms with van der Waals surface area (Å²) in [6, 6.07) is 0. The molecule has 0 bridgehead atoms. The SMILES string of the molecule is C=CC(=O)OCCCC(O)(O)CCC. The van der Waals surface area contributed by atoms with Gasteiger partial charge in [-0.3, -0.25) is 0 Å². The molecule has 0 atom stereocenters. The molecule has 0 aliphatic carbocycles. The lowest BCUT2D eigenvalue weighted by atomic mass is 10.1. The van der Waals surface area contributed by atoms with Crippen molar-refractivity contribution in [3.8, 4) is 0 Å². The zero-order valence-corrected chi connectivity index (χ0v) is 8.53. The third-order valence-electron chi connectivity index (χ3n) is 1.78. The second-order valence-corrected chi connectivity index (χ2v) is 3.21. The molecule has 0 amide bonds. The summed E-state index contributed by atoms with van der Waals surface area (Å²) in [5.74, 6) is -2.11. The van der Waals surface area contributed by atoms with Crippen LogP contribution in [0.4, 0.5) is 0 Å². The third kappa shape index (κ3) is 6.62. The lowest BCUT2D eigenvalue weighted by Gasteiger charge is -2.20. The minimum atomic E-state index is -1.63. The fourth-order valence-electron chi connectivity index (χ4n) is 1.11. The zero-order chi connectivity index (χ0) is 11.0. The van der Waals surface area contributed by atoms with E-state index >= 15 is 0 Å². The molecule has 0 aromatic rings. The van der Waals surface area contributed by atoms with Crippen molar-refractivity contribution in [1.82, 2.24) is 0 Å². The van der Waals surface area contributed by atoms with Gasteiger partial charge in [0.15, 0.2) is 5.79 Å². The largest absolute Gasteiger partial charge is 0.463 e. The van der Waals surface area contributed by atoms with Crippen molar-refractivity contribution in [2.45, 2.75) is 38.4 Å². The van der Waals surface area contributed by atoms with Crippen molar-refractivity contribution < 1.29 is 19.7 Å². The van der Waals surface area contributed by atoms with Gasteiger partial charge in [0, 0.05) is 18.9 Å². The van der Waals surface area contributed by atoms with Crippen LogP contribution in [0.15, 0.2) is 12.7 Å². The van der Waals surface area contributed by atoms with Crippen LogP contribution in [-0.2, 0) is 9.53 Å². The summed E-state index contributed by atoms with van der Waals surface area (Å²) in [5.41, 5.74) is 0. The van der Waals surface area contributed by atoms with Gasteiger partial charge in [-0.25, -0.2) is 4.79 Å². The van der Waals surface area contributed by atoms with Gasteiger partial charge in [-0.1, -0.05) is 19.9 Å². The van der Waals surface area contributed by atoms with Crippen LogP contribution in [0, 0.1) is 0 Å². The van der Waals surface area contributed by atoms with Gasteiger partial charge in [0.05, 0.1) is 6.61 Å². The molecule has 0 aliphatic rings. The van der Waals surface area contributed by atoms with E-state index in [-0.39, 0.29) is 13.0 Å². The Morgan fingerprint density at radius 3 is 2.64 bits per heavy atom. The highest BCUT2D eigenvalue weighted by atomic mass is 16.5. The minimum absolute atomic E-state index is 0.192. The predicted octanol–water partition coefficient (Wildman–Crippen LogP) is 0.977. The first-order valence-electron chi connectivity index (χ1n) is 4.76. The number of rotatable bonds is 7. The Hall–Kier alpha value is -0.870. The monoisotopic (exact) mass is 202 g/mol. The van der Waals surface area contributed by atoms with Gasteiger partial charge >= 0.3 is 5.97 Å².